The fourth-order valence-electron chi connectivity index (χ4n) is 2.69. The van der Waals surface area contributed by atoms with Gasteiger partial charge < -0.3 is 19.5 Å². The third kappa shape index (κ3) is 3.86. The van der Waals surface area contributed by atoms with E-state index in [1.807, 2.05) is 66.7 Å². The van der Waals surface area contributed by atoms with Gasteiger partial charge in [0.05, 0.1) is 0 Å². The van der Waals surface area contributed by atoms with E-state index in [0.717, 1.165) is 39.1 Å². The Morgan fingerprint density at radius 1 is 0.923 bits per heavy atom. The fourth-order valence-corrected chi connectivity index (χ4v) is 2.88. The Kier molecular flexibility index (Phi) is 4.84. The number of benzene rings is 3. The summed E-state index contributed by atoms with van der Waals surface area (Å²) in [4.78, 5) is 0. The summed E-state index contributed by atoms with van der Waals surface area (Å²) < 4.78 is 16.5. The van der Waals surface area contributed by atoms with E-state index >= 15 is 0 Å². The van der Waals surface area contributed by atoms with E-state index in [9.17, 15) is 0 Å². The van der Waals surface area contributed by atoms with Crippen molar-refractivity contribution in [2.75, 3.05) is 12.1 Å². The summed E-state index contributed by atoms with van der Waals surface area (Å²) in [5.41, 5.74) is 3.13. The Labute approximate surface area is 157 Å². The van der Waals surface area contributed by atoms with Gasteiger partial charge in [-0.3, -0.25) is 0 Å². The second-order valence-corrected chi connectivity index (χ2v) is 6.35. The van der Waals surface area contributed by atoms with Gasteiger partial charge in [-0.15, -0.1) is 0 Å². The van der Waals surface area contributed by atoms with Crippen LogP contribution in [0.4, 0.5) is 5.69 Å². The molecule has 132 valence electrons. The molecule has 5 heteroatoms. The van der Waals surface area contributed by atoms with Gasteiger partial charge in [-0.1, -0.05) is 41.9 Å². The lowest BCUT2D eigenvalue weighted by molar-refractivity contribution is 0.174. The van der Waals surface area contributed by atoms with Crippen LogP contribution >= 0.6 is 11.6 Å². The number of hydrogen-bond donors (Lipinski definition) is 1. The van der Waals surface area contributed by atoms with Gasteiger partial charge in [0.25, 0.3) is 0 Å². The van der Waals surface area contributed by atoms with Crippen LogP contribution in [-0.2, 0) is 13.2 Å². The first kappa shape index (κ1) is 16.6. The number of anilines is 1. The molecule has 0 atom stereocenters. The van der Waals surface area contributed by atoms with Crippen molar-refractivity contribution in [2.24, 2.45) is 0 Å². The van der Waals surface area contributed by atoms with Crippen LogP contribution in [0.1, 0.15) is 11.1 Å². The molecule has 0 saturated carbocycles. The first-order chi connectivity index (χ1) is 12.8. The van der Waals surface area contributed by atoms with E-state index in [2.05, 4.69) is 5.32 Å². The molecule has 3 aromatic carbocycles. The first-order valence-corrected chi connectivity index (χ1v) is 8.74. The number of rotatable bonds is 6. The van der Waals surface area contributed by atoms with Gasteiger partial charge in [0.15, 0.2) is 11.5 Å². The molecule has 26 heavy (non-hydrogen) atoms. The predicted molar refractivity (Wildman–Crippen MR) is 102 cm³/mol. The highest BCUT2D eigenvalue weighted by Gasteiger charge is 2.12. The molecule has 4 rings (SSSR count). The molecule has 0 aliphatic carbocycles. The summed E-state index contributed by atoms with van der Waals surface area (Å²) in [6.07, 6.45) is 0. The highest BCUT2D eigenvalue weighted by atomic mass is 35.5. The van der Waals surface area contributed by atoms with Crippen molar-refractivity contribution in [3.63, 3.8) is 0 Å². The van der Waals surface area contributed by atoms with E-state index in [1.54, 1.807) is 0 Å². The third-order valence-corrected chi connectivity index (χ3v) is 4.51. The molecule has 0 aromatic heterocycles. The van der Waals surface area contributed by atoms with Gasteiger partial charge in [-0.05, 0) is 35.9 Å². The van der Waals surface area contributed by atoms with Crippen LogP contribution < -0.4 is 19.5 Å². The van der Waals surface area contributed by atoms with Gasteiger partial charge in [0.2, 0.25) is 6.79 Å². The maximum Gasteiger partial charge on any atom is 0.231 e. The molecule has 0 saturated heterocycles. The lowest BCUT2D eigenvalue weighted by atomic mass is 10.2. The Morgan fingerprint density at radius 2 is 1.73 bits per heavy atom. The average Bonchev–Trinajstić information content (AvgIpc) is 3.14. The Hall–Kier alpha value is -2.85. The van der Waals surface area contributed by atoms with E-state index in [-0.39, 0.29) is 6.79 Å². The van der Waals surface area contributed by atoms with Gasteiger partial charge >= 0.3 is 0 Å². The van der Waals surface area contributed by atoms with E-state index in [0.29, 0.717) is 13.2 Å². The smallest absolute Gasteiger partial charge is 0.231 e. The molecule has 0 unspecified atom stereocenters. The van der Waals surface area contributed by atoms with Crippen molar-refractivity contribution in [2.45, 2.75) is 13.2 Å². The minimum absolute atomic E-state index is 0.286. The zero-order valence-corrected chi connectivity index (χ0v) is 14.8. The zero-order chi connectivity index (χ0) is 17.8. The molecule has 0 fully saturated rings. The minimum Gasteiger partial charge on any atom is -0.489 e. The lowest BCUT2D eigenvalue weighted by Crippen LogP contribution is -2.00. The van der Waals surface area contributed by atoms with Crippen LogP contribution in [-0.4, -0.2) is 6.79 Å². The number of hydrogen-bond acceptors (Lipinski definition) is 4. The highest BCUT2D eigenvalue weighted by Crippen LogP contribution is 2.34. The molecule has 4 nitrogen and oxygen atoms in total. The fraction of sp³-hybridized carbons (Fsp3) is 0.143. The van der Waals surface area contributed by atoms with Crippen LogP contribution in [0, 0.1) is 0 Å². The molecule has 1 aliphatic rings. The predicted octanol–water partition coefficient (Wildman–Crippen LogP) is 5.26. The molecule has 0 radical (unpaired) electrons. The maximum atomic E-state index is 6.15. The first-order valence-electron chi connectivity index (χ1n) is 8.36. The van der Waals surface area contributed by atoms with Crippen molar-refractivity contribution < 1.29 is 14.2 Å². The van der Waals surface area contributed by atoms with E-state index < -0.39 is 0 Å². The monoisotopic (exact) mass is 367 g/mol. The van der Waals surface area contributed by atoms with Gasteiger partial charge in [0.1, 0.15) is 12.4 Å². The highest BCUT2D eigenvalue weighted by molar-refractivity contribution is 6.31. The maximum absolute atomic E-state index is 6.15. The van der Waals surface area contributed by atoms with Crippen LogP contribution in [0.2, 0.25) is 5.02 Å². The van der Waals surface area contributed by atoms with Crippen LogP contribution in [0.3, 0.4) is 0 Å². The number of halogens is 1. The van der Waals surface area contributed by atoms with E-state index in [4.69, 9.17) is 25.8 Å². The third-order valence-electron chi connectivity index (χ3n) is 4.14. The molecule has 0 amide bonds. The average molecular weight is 368 g/mol. The Morgan fingerprint density at radius 3 is 2.58 bits per heavy atom. The molecule has 3 aromatic rings. The van der Waals surface area contributed by atoms with Gasteiger partial charge in [0, 0.05) is 28.9 Å². The topological polar surface area (TPSA) is 39.7 Å². The normalized spacial score (nSPS) is 12.0. The summed E-state index contributed by atoms with van der Waals surface area (Å²) in [5, 5.41) is 4.10. The van der Waals surface area contributed by atoms with Gasteiger partial charge in [-0.2, -0.15) is 0 Å². The summed E-state index contributed by atoms with van der Waals surface area (Å²) in [5.74, 6) is 2.38. The summed E-state index contributed by atoms with van der Waals surface area (Å²) in [6.45, 7) is 1.45. The zero-order valence-electron chi connectivity index (χ0n) is 14.1. The Bertz CT molecular complexity index is 896. The molecule has 1 heterocycles. The SMILES string of the molecule is Clc1ccccc1COc1ccc(CNc2ccc3c(c2)OCO3)cc1. The summed E-state index contributed by atoms with van der Waals surface area (Å²) >= 11 is 6.15. The van der Waals surface area contributed by atoms with Crippen molar-refractivity contribution in [1.82, 2.24) is 0 Å². The molecule has 0 bridgehead atoms. The van der Waals surface area contributed by atoms with Crippen molar-refractivity contribution in [1.29, 1.82) is 0 Å². The standard InChI is InChI=1S/C21H18ClNO3/c22-19-4-2-1-3-16(19)13-24-18-8-5-15(6-9-18)12-23-17-7-10-20-21(11-17)26-14-25-20/h1-11,23H,12-14H2. The van der Waals surface area contributed by atoms with Crippen LogP contribution in [0.25, 0.3) is 0 Å². The second-order valence-electron chi connectivity index (χ2n) is 5.95. The number of fused-ring (bicyclic) bond motifs is 1. The number of nitrogens with one attached hydrogen (secondary N) is 1. The van der Waals surface area contributed by atoms with E-state index in [1.165, 1.54) is 0 Å². The molecule has 1 aliphatic heterocycles. The molecule has 0 spiro atoms. The summed E-state index contributed by atoms with van der Waals surface area (Å²) in [7, 11) is 0. The largest absolute Gasteiger partial charge is 0.489 e. The quantitative estimate of drug-likeness (QED) is 0.645. The van der Waals surface area contributed by atoms with Crippen molar-refractivity contribution in [3.8, 4) is 17.2 Å². The minimum atomic E-state index is 0.286. The van der Waals surface area contributed by atoms with Crippen LogP contribution in [0.15, 0.2) is 66.7 Å². The molecular formula is C21H18ClNO3. The van der Waals surface area contributed by atoms with Crippen molar-refractivity contribution >= 4 is 17.3 Å². The second kappa shape index (κ2) is 7.58. The summed E-state index contributed by atoms with van der Waals surface area (Å²) in [6, 6.07) is 21.6. The van der Waals surface area contributed by atoms with Crippen molar-refractivity contribution in [3.05, 3.63) is 82.9 Å². The number of ether oxygens (including phenoxy) is 3. The lowest BCUT2D eigenvalue weighted by Gasteiger charge is -2.10. The Balaban J connectivity index is 1.32. The molecule has 1 N–H and O–H groups in total. The van der Waals surface area contributed by atoms with Gasteiger partial charge in [-0.25, -0.2) is 0 Å². The van der Waals surface area contributed by atoms with Crippen LogP contribution in [0.5, 0.6) is 17.2 Å². The molecular weight excluding hydrogens is 350 g/mol.